The van der Waals surface area contributed by atoms with Crippen LogP contribution >= 0.6 is 24.0 Å². The highest BCUT2D eigenvalue weighted by Gasteiger charge is 2.29. The van der Waals surface area contributed by atoms with Crippen LogP contribution in [0.2, 0.25) is 0 Å². The monoisotopic (exact) mass is 401 g/mol. The molecular weight excluding hydrogens is 387 g/mol. The van der Waals surface area contributed by atoms with Crippen molar-refractivity contribution < 1.29 is 22.7 Å². The first-order valence-corrected chi connectivity index (χ1v) is 8.44. The number of hydrogen-bond acceptors (Lipinski definition) is 4. The zero-order valence-corrected chi connectivity index (χ0v) is 14.8. The summed E-state index contributed by atoms with van der Waals surface area (Å²) in [6, 6.07) is 14.4. The summed E-state index contributed by atoms with van der Waals surface area (Å²) in [6.45, 7) is -0.327. The lowest BCUT2D eigenvalue weighted by molar-refractivity contribution is -0.123. The van der Waals surface area contributed by atoms with Gasteiger partial charge in [0.25, 0.3) is 5.91 Å². The quantitative estimate of drug-likeness (QED) is 0.404. The smallest absolute Gasteiger partial charge is 0.446 e. The molecule has 0 spiro atoms. The standard InChI is InChI=1S/C16H14F3N3O2S2/c17-16(18,19)26-13-8-6-12(7-9-13)24-10-14(23)21-22-15(25)20-11-4-2-1-3-5-11/h1-9H,10H2,(H,21,23)(H2,20,22,25). The molecule has 0 aliphatic rings. The number of anilines is 1. The van der Waals surface area contributed by atoms with E-state index in [1.807, 2.05) is 18.2 Å². The first-order chi connectivity index (χ1) is 12.3. The number of amides is 1. The Morgan fingerprint density at radius 1 is 1.04 bits per heavy atom. The van der Waals surface area contributed by atoms with Crippen LogP contribution in [0.5, 0.6) is 5.75 Å². The van der Waals surface area contributed by atoms with Crippen molar-refractivity contribution in [3.63, 3.8) is 0 Å². The van der Waals surface area contributed by atoms with Gasteiger partial charge in [-0.15, -0.1) is 0 Å². The van der Waals surface area contributed by atoms with Gasteiger partial charge >= 0.3 is 5.51 Å². The van der Waals surface area contributed by atoms with E-state index in [0.29, 0.717) is 0 Å². The highest BCUT2D eigenvalue weighted by atomic mass is 32.2. The number of ether oxygens (including phenoxy) is 1. The van der Waals surface area contributed by atoms with Crippen molar-refractivity contribution in [2.45, 2.75) is 10.4 Å². The minimum atomic E-state index is -4.35. The fraction of sp³-hybridized carbons (Fsp3) is 0.125. The lowest BCUT2D eigenvalue weighted by Gasteiger charge is -2.12. The molecule has 0 heterocycles. The number of halogens is 3. The number of nitrogens with one attached hydrogen (secondary N) is 3. The normalized spacial score (nSPS) is 10.7. The van der Waals surface area contributed by atoms with Gasteiger partial charge in [0.1, 0.15) is 5.75 Å². The third kappa shape index (κ3) is 7.62. The van der Waals surface area contributed by atoms with Crippen LogP contribution in [0.25, 0.3) is 0 Å². The molecule has 3 N–H and O–H groups in total. The topological polar surface area (TPSA) is 62.4 Å². The van der Waals surface area contributed by atoms with Crippen LogP contribution in [0.15, 0.2) is 59.5 Å². The van der Waals surface area contributed by atoms with Crippen molar-refractivity contribution in [2.75, 3.05) is 11.9 Å². The third-order valence-corrected chi connectivity index (χ3v) is 3.72. The van der Waals surface area contributed by atoms with Gasteiger partial charge in [-0.05, 0) is 60.4 Å². The summed E-state index contributed by atoms with van der Waals surface area (Å²) in [5, 5.41) is 3.06. The van der Waals surface area contributed by atoms with Crippen LogP contribution in [-0.4, -0.2) is 23.1 Å². The van der Waals surface area contributed by atoms with E-state index in [2.05, 4.69) is 16.2 Å². The number of hydrazine groups is 1. The maximum atomic E-state index is 12.2. The minimum Gasteiger partial charge on any atom is -0.484 e. The zero-order chi connectivity index (χ0) is 19.0. The maximum absolute atomic E-state index is 12.2. The van der Waals surface area contributed by atoms with Crippen molar-refractivity contribution in [2.24, 2.45) is 0 Å². The molecule has 26 heavy (non-hydrogen) atoms. The molecule has 0 aromatic heterocycles. The highest BCUT2D eigenvalue weighted by molar-refractivity contribution is 8.00. The summed E-state index contributed by atoms with van der Waals surface area (Å²) in [5.74, 6) is -0.229. The van der Waals surface area contributed by atoms with Gasteiger partial charge in [0.05, 0.1) is 0 Å². The molecule has 1 amide bonds. The van der Waals surface area contributed by atoms with E-state index in [1.165, 1.54) is 24.3 Å². The van der Waals surface area contributed by atoms with Crippen molar-refractivity contribution in [3.8, 4) is 5.75 Å². The first kappa shape index (κ1) is 19.9. The molecule has 0 aliphatic heterocycles. The molecule has 0 bridgehead atoms. The molecule has 0 radical (unpaired) electrons. The third-order valence-electron chi connectivity index (χ3n) is 2.77. The molecule has 2 aromatic carbocycles. The van der Waals surface area contributed by atoms with Gasteiger partial charge in [-0.25, -0.2) is 0 Å². The predicted molar refractivity (Wildman–Crippen MR) is 97.8 cm³/mol. The summed E-state index contributed by atoms with van der Waals surface area (Å²) in [4.78, 5) is 11.7. The molecule has 0 atom stereocenters. The number of thioether (sulfide) groups is 1. The largest absolute Gasteiger partial charge is 0.484 e. The SMILES string of the molecule is O=C(COc1ccc(SC(F)(F)F)cc1)NNC(=S)Nc1ccccc1. The molecule has 0 saturated carbocycles. The number of para-hydroxylation sites is 1. The van der Waals surface area contributed by atoms with Crippen LogP contribution in [0, 0.1) is 0 Å². The first-order valence-electron chi connectivity index (χ1n) is 7.21. The van der Waals surface area contributed by atoms with Crippen molar-refractivity contribution in [3.05, 3.63) is 54.6 Å². The Morgan fingerprint density at radius 3 is 2.31 bits per heavy atom. The van der Waals surface area contributed by atoms with E-state index < -0.39 is 11.4 Å². The van der Waals surface area contributed by atoms with Crippen LogP contribution in [0.1, 0.15) is 0 Å². The fourth-order valence-electron chi connectivity index (χ4n) is 1.73. The average Bonchev–Trinajstić information content (AvgIpc) is 2.59. The molecule has 10 heteroatoms. The summed E-state index contributed by atoms with van der Waals surface area (Å²) in [6.07, 6.45) is 0. The second kappa shape index (κ2) is 9.30. The number of carbonyl (C=O) groups is 1. The Labute approximate surface area is 157 Å². The van der Waals surface area contributed by atoms with Gasteiger partial charge in [-0.3, -0.25) is 15.6 Å². The summed E-state index contributed by atoms with van der Waals surface area (Å²) >= 11 is 4.80. The summed E-state index contributed by atoms with van der Waals surface area (Å²) in [7, 11) is 0. The second-order valence-corrected chi connectivity index (χ2v) is 6.35. The zero-order valence-electron chi connectivity index (χ0n) is 13.2. The molecule has 0 unspecified atom stereocenters. The van der Waals surface area contributed by atoms with Gasteiger partial charge in [0.2, 0.25) is 0 Å². The summed E-state index contributed by atoms with van der Waals surface area (Å²) < 4.78 is 41.9. The molecule has 0 aliphatic carbocycles. The van der Waals surface area contributed by atoms with Crippen LogP contribution < -0.4 is 20.9 Å². The molecule has 138 valence electrons. The van der Waals surface area contributed by atoms with E-state index in [9.17, 15) is 18.0 Å². The maximum Gasteiger partial charge on any atom is 0.446 e. The predicted octanol–water partition coefficient (Wildman–Crippen LogP) is 3.70. The van der Waals surface area contributed by atoms with Gasteiger partial charge in [0.15, 0.2) is 11.7 Å². The molecular formula is C16H14F3N3O2S2. The minimum absolute atomic E-state index is 0.0355. The Bertz CT molecular complexity index is 741. The van der Waals surface area contributed by atoms with E-state index in [4.69, 9.17) is 17.0 Å². The highest BCUT2D eigenvalue weighted by Crippen LogP contribution is 2.37. The van der Waals surface area contributed by atoms with Crippen LogP contribution in [0.4, 0.5) is 18.9 Å². The number of thiocarbonyl (C=S) groups is 1. The Kier molecular flexibility index (Phi) is 7.10. The summed E-state index contributed by atoms with van der Waals surface area (Å²) in [5.41, 5.74) is 1.27. The molecule has 0 fully saturated rings. The van der Waals surface area contributed by atoms with Crippen molar-refractivity contribution in [1.29, 1.82) is 0 Å². The van der Waals surface area contributed by atoms with E-state index in [0.717, 1.165) is 5.69 Å². The average molecular weight is 401 g/mol. The lowest BCUT2D eigenvalue weighted by atomic mass is 10.3. The van der Waals surface area contributed by atoms with Crippen molar-refractivity contribution in [1.82, 2.24) is 10.9 Å². The Hall–Kier alpha value is -2.46. The molecule has 2 rings (SSSR count). The van der Waals surface area contributed by atoms with Crippen LogP contribution in [0.3, 0.4) is 0 Å². The number of hydrogen-bond donors (Lipinski definition) is 3. The fourth-order valence-corrected chi connectivity index (χ4v) is 2.44. The number of rotatable bonds is 5. The number of benzene rings is 2. The van der Waals surface area contributed by atoms with Crippen molar-refractivity contribution >= 4 is 40.7 Å². The van der Waals surface area contributed by atoms with Gasteiger partial charge in [-0.1, -0.05) is 18.2 Å². The van der Waals surface area contributed by atoms with E-state index in [1.54, 1.807) is 12.1 Å². The number of alkyl halides is 3. The van der Waals surface area contributed by atoms with E-state index >= 15 is 0 Å². The van der Waals surface area contributed by atoms with Gasteiger partial charge in [-0.2, -0.15) is 13.2 Å². The Morgan fingerprint density at radius 2 is 1.69 bits per heavy atom. The van der Waals surface area contributed by atoms with Crippen LogP contribution in [-0.2, 0) is 4.79 Å². The second-order valence-electron chi connectivity index (χ2n) is 4.80. The Balaban J connectivity index is 1.70. The molecule has 0 saturated heterocycles. The lowest BCUT2D eigenvalue weighted by Crippen LogP contribution is -2.45. The molecule has 2 aromatic rings. The van der Waals surface area contributed by atoms with Gasteiger partial charge < -0.3 is 10.1 Å². The molecule has 5 nitrogen and oxygen atoms in total. The van der Waals surface area contributed by atoms with Gasteiger partial charge in [0, 0.05) is 10.6 Å². The number of carbonyl (C=O) groups excluding carboxylic acids is 1. The van der Waals surface area contributed by atoms with E-state index in [-0.39, 0.29) is 34.1 Å².